The smallest absolute Gasteiger partial charge is 0.0483 e. The highest BCUT2D eigenvalue weighted by Crippen LogP contribution is 2.21. The van der Waals surface area contributed by atoms with E-state index < -0.39 is 0 Å². The first-order valence-electron chi connectivity index (χ1n) is 7.32. The maximum absolute atomic E-state index is 5.13. The molecule has 110 valence electrons. The molecule has 3 heteroatoms. The molecule has 0 aliphatic rings. The number of hydrogen-bond donors (Lipinski definition) is 1. The molecule has 0 bridgehead atoms. The molecule has 0 saturated carbocycles. The quantitative estimate of drug-likeness (QED) is 0.815. The summed E-state index contributed by atoms with van der Waals surface area (Å²) >= 11 is 0. The Hall–Kier alpha value is -1.32. The van der Waals surface area contributed by atoms with Crippen molar-refractivity contribution in [1.29, 1.82) is 0 Å². The number of rotatable bonds is 6. The highest BCUT2D eigenvalue weighted by atomic mass is 16.5. The van der Waals surface area contributed by atoms with Gasteiger partial charge in [0.05, 0.1) is 0 Å². The van der Waals surface area contributed by atoms with Crippen LogP contribution in [0, 0.1) is 0 Å². The summed E-state index contributed by atoms with van der Waals surface area (Å²) in [6, 6.07) is 8.78. The lowest BCUT2D eigenvalue weighted by Gasteiger charge is -2.21. The lowest BCUT2D eigenvalue weighted by Crippen LogP contribution is -2.35. The zero-order valence-electron chi connectivity index (χ0n) is 13.1. The van der Waals surface area contributed by atoms with Gasteiger partial charge in [0, 0.05) is 49.4 Å². The van der Waals surface area contributed by atoms with E-state index in [-0.39, 0.29) is 5.54 Å². The van der Waals surface area contributed by atoms with Crippen LogP contribution in [0.3, 0.4) is 0 Å². The molecule has 1 N–H and O–H groups in total. The molecule has 2 aromatic rings. The second kappa shape index (κ2) is 6.42. The Bertz CT molecular complexity index is 552. The number of nitrogens with zero attached hydrogens (tertiary/aromatic N) is 1. The van der Waals surface area contributed by atoms with Gasteiger partial charge in [-0.1, -0.05) is 12.1 Å². The zero-order valence-corrected chi connectivity index (χ0v) is 13.1. The fourth-order valence-corrected chi connectivity index (χ4v) is 2.38. The van der Waals surface area contributed by atoms with Gasteiger partial charge in [0.15, 0.2) is 0 Å². The first-order valence-corrected chi connectivity index (χ1v) is 7.32. The van der Waals surface area contributed by atoms with E-state index in [0.29, 0.717) is 0 Å². The van der Waals surface area contributed by atoms with E-state index in [1.165, 1.54) is 16.5 Å². The largest absolute Gasteiger partial charge is 0.385 e. The predicted octanol–water partition coefficient (Wildman–Crippen LogP) is 3.57. The molecule has 0 radical (unpaired) electrons. The summed E-state index contributed by atoms with van der Waals surface area (Å²) in [5.41, 5.74) is 2.82. The maximum Gasteiger partial charge on any atom is 0.0483 e. The highest BCUT2D eigenvalue weighted by Gasteiger charge is 2.10. The van der Waals surface area contributed by atoms with E-state index in [4.69, 9.17) is 4.74 Å². The molecule has 20 heavy (non-hydrogen) atoms. The number of ether oxygens (including phenoxy) is 1. The summed E-state index contributed by atoms with van der Waals surface area (Å²) in [5.74, 6) is 0. The molecule has 1 aromatic carbocycles. The number of benzene rings is 1. The second-order valence-corrected chi connectivity index (χ2v) is 6.31. The van der Waals surface area contributed by atoms with Crippen LogP contribution in [0.5, 0.6) is 0 Å². The van der Waals surface area contributed by atoms with Crippen LogP contribution in [0.25, 0.3) is 10.9 Å². The maximum atomic E-state index is 5.13. The molecule has 0 atom stereocenters. The molecule has 1 aromatic heterocycles. The van der Waals surface area contributed by atoms with Gasteiger partial charge in [-0.2, -0.15) is 0 Å². The summed E-state index contributed by atoms with van der Waals surface area (Å²) < 4.78 is 7.44. The van der Waals surface area contributed by atoms with Gasteiger partial charge in [-0.15, -0.1) is 0 Å². The molecule has 0 saturated heterocycles. The van der Waals surface area contributed by atoms with Gasteiger partial charge in [-0.3, -0.25) is 0 Å². The number of aryl methyl sites for hydroxylation is 1. The number of fused-ring (bicyclic) bond motifs is 1. The van der Waals surface area contributed by atoms with Crippen molar-refractivity contribution in [2.24, 2.45) is 0 Å². The normalized spacial score (nSPS) is 12.2. The van der Waals surface area contributed by atoms with Crippen molar-refractivity contribution in [2.45, 2.75) is 45.8 Å². The van der Waals surface area contributed by atoms with Crippen LogP contribution in [0.15, 0.2) is 30.5 Å². The van der Waals surface area contributed by atoms with Gasteiger partial charge in [-0.25, -0.2) is 0 Å². The summed E-state index contributed by atoms with van der Waals surface area (Å²) in [6.07, 6.45) is 3.23. The number of methoxy groups -OCH3 is 1. The lowest BCUT2D eigenvalue weighted by atomic mass is 10.1. The van der Waals surface area contributed by atoms with Gasteiger partial charge >= 0.3 is 0 Å². The third-order valence-corrected chi connectivity index (χ3v) is 3.46. The molecule has 1 heterocycles. The minimum atomic E-state index is 0.142. The molecule has 3 nitrogen and oxygen atoms in total. The van der Waals surface area contributed by atoms with E-state index in [0.717, 1.165) is 26.1 Å². The highest BCUT2D eigenvalue weighted by molar-refractivity contribution is 5.83. The van der Waals surface area contributed by atoms with Gasteiger partial charge < -0.3 is 14.6 Å². The molecule has 2 rings (SSSR count). The molecular formula is C17H26N2O. The third-order valence-electron chi connectivity index (χ3n) is 3.46. The van der Waals surface area contributed by atoms with Crippen LogP contribution in [0.1, 0.15) is 32.8 Å². The number of aromatic nitrogens is 1. The van der Waals surface area contributed by atoms with Gasteiger partial charge in [0.25, 0.3) is 0 Å². The SMILES string of the molecule is COCCCn1ccc2c(CNC(C)(C)C)cccc21. The lowest BCUT2D eigenvalue weighted by molar-refractivity contribution is 0.190. The molecule has 0 fully saturated rings. The fraction of sp³-hybridized carbons (Fsp3) is 0.529. The fourth-order valence-electron chi connectivity index (χ4n) is 2.38. The average Bonchev–Trinajstić information content (AvgIpc) is 2.80. The third kappa shape index (κ3) is 3.84. The standard InChI is InChI=1S/C17H26N2O/c1-17(2,3)18-13-14-7-5-8-16-15(14)9-11-19(16)10-6-12-20-4/h5,7-9,11,18H,6,10,12-13H2,1-4H3. The molecule has 0 aliphatic heterocycles. The summed E-state index contributed by atoms with van der Waals surface area (Å²) in [7, 11) is 1.75. The molecule has 0 amide bonds. The molecular weight excluding hydrogens is 248 g/mol. The van der Waals surface area contributed by atoms with E-state index in [1.807, 2.05) is 0 Å². The summed E-state index contributed by atoms with van der Waals surface area (Å²) in [5, 5.41) is 4.91. The Morgan fingerprint density at radius 2 is 2.00 bits per heavy atom. The van der Waals surface area contributed by atoms with E-state index in [2.05, 4.69) is 61.1 Å². The Morgan fingerprint density at radius 3 is 2.70 bits per heavy atom. The van der Waals surface area contributed by atoms with Crippen molar-refractivity contribution in [3.63, 3.8) is 0 Å². The Labute approximate surface area is 121 Å². The molecule has 0 aliphatic carbocycles. The van der Waals surface area contributed by atoms with Crippen LogP contribution in [-0.2, 0) is 17.8 Å². The zero-order chi connectivity index (χ0) is 14.6. The topological polar surface area (TPSA) is 26.2 Å². The van der Waals surface area contributed by atoms with Crippen molar-refractivity contribution in [3.05, 3.63) is 36.0 Å². The van der Waals surface area contributed by atoms with Crippen molar-refractivity contribution in [1.82, 2.24) is 9.88 Å². The van der Waals surface area contributed by atoms with E-state index in [9.17, 15) is 0 Å². The van der Waals surface area contributed by atoms with E-state index in [1.54, 1.807) is 7.11 Å². The monoisotopic (exact) mass is 274 g/mol. The first-order chi connectivity index (χ1) is 9.51. The van der Waals surface area contributed by atoms with Crippen molar-refractivity contribution >= 4 is 10.9 Å². The van der Waals surface area contributed by atoms with Crippen LogP contribution in [-0.4, -0.2) is 23.8 Å². The Kier molecular flexibility index (Phi) is 4.84. The minimum absolute atomic E-state index is 0.142. The first kappa shape index (κ1) is 15.1. The van der Waals surface area contributed by atoms with Gasteiger partial charge in [0.2, 0.25) is 0 Å². The molecule has 0 spiro atoms. The number of nitrogens with one attached hydrogen (secondary N) is 1. The molecule has 0 unspecified atom stereocenters. The summed E-state index contributed by atoms with van der Waals surface area (Å²) in [6.45, 7) is 9.32. The van der Waals surface area contributed by atoms with Crippen LogP contribution in [0.4, 0.5) is 0 Å². The van der Waals surface area contributed by atoms with Gasteiger partial charge in [-0.05, 0) is 44.9 Å². The van der Waals surface area contributed by atoms with Crippen LogP contribution < -0.4 is 5.32 Å². The van der Waals surface area contributed by atoms with Gasteiger partial charge in [0.1, 0.15) is 0 Å². The van der Waals surface area contributed by atoms with Crippen LogP contribution >= 0.6 is 0 Å². The van der Waals surface area contributed by atoms with Crippen molar-refractivity contribution in [2.75, 3.05) is 13.7 Å². The van der Waals surface area contributed by atoms with Crippen molar-refractivity contribution < 1.29 is 4.74 Å². The average molecular weight is 274 g/mol. The Balaban J connectivity index is 2.17. The Morgan fingerprint density at radius 1 is 1.20 bits per heavy atom. The number of hydrogen-bond acceptors (Lipinski definition) is 2. The summed E-state index contributed by atoms with van der Waals surface area (Å²) in [4.78, 5) is 0. The van der Waals surface area contributed by atoms with Crippen molar-refractivity contribution in [3.8, 4) is 0 Å². The second-order valence-electron chi connectivity index (χ2n) is 6.31. The van der Waals surface area contributed by atoms with E-state index >= 15 is 0 Å². The van der Waals surface area contributed by atoms with Crippen LogP contribution in [0.2, 0.25) is 0 Å². The predicted molar refractivity (Wildman–Crippen MR) is 85.0 cm³/mol. The minimum Gasteiger partial charge on any atom is -0.385 e.